The summed E-state index contributed by atoms with van der Waals surface area (Å²) in [5, 5.41) is 1.67. The van der Waals surface area contributed by atoms with Gasteiger partial charge in [-0.1, -0.05) is 0 Å². The Balaban J connectivity index is 2.21. The molecule has 6 nitrogen and oxygen atoms in total. The van der Waals surface area contributed by atoms with Gasteiger partial charge < -0.3 is 15.5 Å². The fourth-order valence-corrected chi connectivity index (χ4v) is 1.63. The van der Waals surface area contributed by atoms with E-state index in [2.05, 4.69) is 0 Å². The second kappa shape index (κ2) is 4.91. The number of carbonyl (C=O) groups excluding carboxylic acids is 1. The first kappa shape index (κ1) is 14.0. The minimum absolute atomic E-state index is 0.202. The molecule has 1 aromatic carbocycles. The van der Waals surface area contributed by atoms with E-state index in [0.717, 1.165) is 4.57 Å². The SMILES string of the molecule is Nc1ccc2oc(=O)n(CC(=O)NCC(F)(F)F)c2c1. The van der Waals surface area contributed by atoms with Gasteiger partial charge >= 0.3 is 11.9 Å². The standard InChI is InChI=1S/C11H10F3N3O3/c12-11(13,14)5-16-9(18)4-17-7-3-6(15)1-2-8(7)20-10(17)19/h1-3H,4-5,15H2,(H,16,18). The van der Waals surface area contributed by atoms with Crippen LogP contribution in [-0.2, 0) is 11.3 Å². The Morgan fingerprint density at radius 3 is 2.75 bits per heavy atom. The number of nitrogens with zero attached hydrogens (tertiary/aromatic N) is 1. The summed E-state index contributed by atoms with van der Waals surface area (Å²) in [6, 6.07) is 4.34. The fourth-order valence-electron chi connectivity index (χ4n) is 1.63. The molecule has 0 unspecified atom stereocenters. The third-order valence-corrected chi connectivity index (χ3v) is 2.48. The number of nitrogens with one attached hydrogen (secondary N) is 1. The number of alkyl halides is 3. The number of anilines is 1. The lowest BCUT2D eigenvalue weighted by atomic mass is 10.3. The van der Waals surface area contributed by atoms with Crippen molar-refractivity contribution in [1.82, 2.24) is 9.88 Å². The first-order chi connectivity index (χ1) is 9.26. The molecule has 0 aliphatic heterocycles. The molecule has 0 bridgehead atoms. The molecule has 0 atom stereocenters. The zero-order valence-corrected chi connectivity index (χ0v) is 10.0. The van der Waals surface area contributed by atoms with Gasteiger partial charge in [0.05, 0.1) is 5.52 Å². The maximum atomic E-state index is 12.0. The van der Waals surface area contributed by atoms with Crippen LogP contribution in [0.25, 0.3) is 11.1 Å². The number of carbonyl (C=O) groups is 1. The Hall–Kier alpha value is -2.45. The number of oxazole rings is 1. The number of aromatic nitrogens is 1. The van der Waals surface area contributed by atoms with Gasteiger partial charge in [-0.05, 0) is 18.2 Å². The molecule has 9 heteroatoms. The molecular weight excluding hydrogens is 279 g/mol. The normalized spacial score (nSPS) is 11.8. The number of nitrogens with two attached hydrogens (primary N) is 1. The average Bonchev–Trinajstić information content (AvgIpc) is 2.63. The molecule has 0 radical (unpaired) electrons. The topological polar surface area (TPSA) is 90.3 Å². The molecule has 0 fully saturated rings. The van der Waals surface area contributed by atoms with Crippen LogP contribution in [-0.4, -0.2) is 23.2 Å². The Morgan fingerprint density at radius 1 is 1.40 bits per heavy atom. The van der Waals surface area contributed by atoms with Crippen LogP contribution in [0.4, 0.5) is 18.9 Å². The summed E-state index contributed by atoms with van der Waals surface area (Å²) in [6.07, 6.45) is -4.51. The summed E-state index contributed by atoms with van der Waals surface area (Å²) < 4.78 is 41.6. The van der Waals surface area contributed by atoms with Gasteiger partial charge in [0.1, 0.15) is 13.1 Å². The molecule has 2 aromatic rings. The number of rotatable bonds is 3. The van der Waals surface area contributed by atoms with Crippen LogP contribution < -0.4 is 16.8 Å². The molecule has 0 aliphatic rings. The van der Waals surface area contributed by atoms with E-state index in [1.165, 1.54) is 18.2 Å². The Morgan fingerprint density at radius 2 is 2.10 bits per heavy atom. The van der Waals surface area contributed by atoms with E-state index in [1.54, 1.807) is 5.32 Å². The van der Waals surface area contributed by atoms with Gasteiger partial charge in [0, 0.05) is 5.69 Å². The van der Waals surface area contributed by atoms with Crippen molar-refractivity contribution in [2.75, 3.05) is 12.3 Å². The van der Waals surface area contributed by atoms with Crippen molar-refractivity contribution in [3.05, 3.63) is 28.7 Å². The summed E-state index contributed by atoms with van der Waals surface area (Å²) in [5.41, 5.74) is 6.33. The third kappa shape index (κ3) is 3.11. The Labute approximate surface area is 110 Å². The Bertz CT molecular complexity index is 702. The van der Waals surface area contributed by atoms with Gasteiger partial charge in [-0.25, -0.2) is 4.79 Å². The summed E-state index contributed by atoms with van der Waals surface area (Å²) in [5.74, 6) is -1.79. The number of fused-ring (bicyclic) bond motifs is 1. The van der Waals surface area contributed by atoms with E-state index in [4.69, 9.17) is 10.2 Å². The molecular formula is C11H10F3N3O3. The molecule has 0 saturated carbocycles. The smallest absolute Gasteiger partial charge is 0.408 e. The molecule has 1 amide bonds. The maximum absolute atomic E-state index is 12.0. The first-order valence-electron chi connectivity index (χ1n) is 5.48. The first-order valence-corrected chi connectivity index (χ1v) is 5.48. The Kier molecular flexibility index (Phi) is 3.43. The monoisotopic (exact) mass is 289 g/mol. The van der Waals surface area contributed by atoms with Gasteiger partial charge in [-0.3, -0.25) is 9.36 Å². The van der Waals surface area contributed by atoms with Crippen LogP contribution in [0.15, 0.2) is 27.4 Å². The molecule has 2 rings (SSSR count). The van der Waals surface area contributed by atoms with E-state index in [1.807, 2.05) is 0 Å². The van der Waals surface area contributed by atoms with Crippen LogP contribution in [0.1, 0.15) is 0 Å². The van der Waals surface area contributed by atoms with Crippen LogP contribution in [0, 0.1) is 0 Å². The van der Waals surface area contributed by atoms with Crippen LogP contribution in [0.5, 0.6) is 0 Å². The number of hydrogen-bond acceptors (Lipinski definition) is 4. The van der Waals surface area contributed by atoms with E-state index in [0.29, 0.717) is 5.69 Å². The number of hydrogen-bond donors (Lipinski definition) is 2. The van der Waals surface area contributed by atoms with E-state index in [9.17, 15) is 22.8 Å². The maximum Gasteiger partial charge on any atom is 0.420 e. The number of amides is 1. The largest absolute Gasteiger partial charge is 0.420 e. The molecule has 0 aliphatic carbocycles. The van der Waals surface area contributed by atoms with Crippen molar-refractivity contribution in [2.45, 2.75) is 12.7 Å². The van der Waals surface area contributed by atoms with Gasteiger partial charge in [-0.15, -0.1) is 0 Å². The van der Waals surface area contributed by atoms with Gasteiger partial charge in [0.25, 0.3) is 0 Å². The lowest BCUT2D eigenvalue weighted by Gasteiger charge is -2.08. The summed E-state index contributed by atoms with van der Waals surface area (Å²) in [6.45, 7) is -2.04. The molecule has 108 valence electrons. The predicted molar refractivity (Wildman–Crippen MR) is 64.0 cm³/mol. The van der Waals surface area contributed by atoms with Crippen LogP contribution in [0.3, 0.4) is 0 Å². The van der Waals surface area contributed by atoms with Crippen molar-refractivity contribution in [1.29, 1.82) is 0 Å². The van der Waals surface area contributed by atoms with Crippen molar-refractivity contribution >= 4 is 22.7 Å². The summed E-state index contributed by atoms with van der Waals surface area (Å²) >= 11 is 0. The summed E-state index contributed by atoms with van der Waals surface area (Å²) in [4.78, 5) is 22.9. The number of nitrogen functional groups attached to an aromatic ring is 1. The lowest BCUT2D eigenvalue weighted by Crippen LogP contribution is -2.37. The molecule has 1 aromatic heterocycles. The lowest BCUT2D eigenvalue weighted by molar-refractivity contribution is -0.138. The van der Waals surface area contributed by atoms with Crippen LogP contribution in [0.2, 0.25) is 0 Å². The van der Waals surface area contributed by atoms with Gasteiger partial charge in [-0.2, -0.15) is 13.2 Å². The highest BCUT2D eigenvalue weighted by atomic mass is 19.4. The van der Waals surface area contributed by atoms with E-state index in [-0.39, 0.29) is 11.1 Å². The predicted octanol–water partition coefficient (Wildman–Crippen LogP) is 0.855. The fraction of sp³-hybridized carbons (Fsp3) is 0.273. The van der Waals surface area contributed by atoms with Gasteiger partial charge in [0.2, 0.25) is 5.91 Å². The third-order valence-electron chi connectivity index (χ3n) is 2.48. The van der Waals surface area contributed by atoms with E-state index < -0.39 is 30.9 Å². The molecule has 3 N–H and O–H groups in total. The highest BCUT2D eigenvalue weighted by Crippen LogP contribution is 2.16. The van der Waals surface area contributed by atoms with Gasteiger partial charge in [0.15, 0.2) is 5.58 Å². The highest BCUT2D eigenvalue weighted by Gasteiger charge is 2.27. The van der Waals surface area contributed by atoms with Crippen molar-refractivity contribution < 1.29 is 22.4 Å². The minimum atomic E-state index is -4.51. The minimum Gasteiger partial charge on any atom is -0.408 e. The molecule has 20 heavy (non-hydrogen) atoms. The number of halogens is 3. The average molecular weight is 289 g/mol. The van der Waals surface area contributed by atoms with Crippen molar-refractivity contribution in [2.24, 2.45) is 0 Å². The van der Waals surface area contributed by atoms with E-state index >= 15 is 0 Å². The molecule has 0 saturated heterocycles. The highest BCUT2D eigenvalue weighted by molar-refractivity contribution is 5.81. The summed E-state index contributed by atoms with van der Waals surface area (Å²) in [7, 11) is 0. The second-order valence-electron chi connectivity index (χ2n) is 4.07. The zero-order chi connectivity index (χ0) is 14.9. The van der Waals surface area contributed by atoms with Crippen molar-refractivity contribution in [3.8, 4) is 0 Å². The second-order valence-corrected chi connectivity index (χ2v) is 4.07. The quantitative estimate of drug-likeness (QED) is 0.820. The molecule has 0 spiro atoms. The van der Waals surface area contributed by atoms with Crippen molar-refractivity contribution in [3.63, 3.8) is 0 Å². The zero-order valence-electron chi connectivity index (χ0n) is 10.0. The molecule has 1 heterocycles. The number of benzene rings is 1. The van der Waals surface area contributed by atoms with Crippen LogP contribution >= 0.6 is 0 Å².